The zero-order valence-electron chi connectivity index (χ0n) is 15.2. The Balaban J connectivity index is 1.56. The molecule has 0 spiro atoms. The number of ether oxygens (including phenoxy) is 1. The van der Waals surface area contributed by atoms with Crippen molar-refractivity contribution < 1.29 is 17.9 Å². The van der Waals surface area contributed by atoms with Crippen molar-refractivity contribution in [2.24, 2.45) is 0 Å². The summed E-state index contributed by atoms with van der Waals surface area (Å²) in [5, 5.41) is 3.33. The molecule has 1 atom stereocenters. The molecule has 3 rings (SSSR count). The molecule has 0 aliphatic carbocycles. The van der Waals surface area contributed by atoms with Gasteiger partial charge in [-0.25, -0.2) is 8.42 Å². The molecule has 0 radical (unpaired) electrons. The number of rotatable bonds is 5. The summed E-state index contributed by atoms with van der Waals surface area (Å²) in [6, 6.07) is 7.22. The minimum absolute atomic E-state index is 0.156. The second-order valence-electron chi connectivity index (χ2n) is 6.86. The molecule has 2 saturated heterocycles. The number of aryl methyl sites for hydroxylation is 1. The number of hydrogen-bond acceptors (Lipinski definition) is 5. The topological polar surface area (TPSA) is 79.0 Å². The summed E-state index contributed by atoms with van der Waals surface area (Å²) < 4.78 is 31.9. The molecule has 2 aliphatic rings. The standard InChI is InChI=1S/C18H27N3O4S/c1-15-14-20(9-8-19-15)18(22)7-4-16-2-5-17(6-3-16)26(23,24)21-10-12-25-13-11-21/h2-3,5-6,15,19H,4,7-14H2,1H3. The summed E-state index contributed by atoms with van der Waals surface area (Å²) in [5.41, 5.74) is 0.975. The molecular formula is C18H27N3O4S. The number of carbonyl (C=O) groups excluding carboxylic acids is 1. The van der Waals surface area contributed by atoms with Crippen LogP contribution in [0.5, 0.6) is 0 Å². The molecule has 144 valence electrons. The van der Waals surface area contributed by atoms with Crippen LogP contribution in [0.1, 0.15) is 18.9 Å². The van der Waals surface area contributed by atoms with E-state index in [2.05, 4.69) is 12.2 Å². The van der Waals surface area contributed by atoms with E-state index in [4.69, 9.17) is 4.74 Å². The van der Waals surface area contributed by atoms with E-state index < -0.39 is 10.0 Å². The van der Waals surface area contributed by atoms with E-state index in [1.807, 2.05) is 4.90 Å². The van der Waals surface area contributed by atoms with E-state index in [-0.39, 0.29) is 5.91 Å². The first-order valence-corrected chi connectivity index (χ1v) is 10.6. The number of hydrogen-bond donors (Lipinski definition) is 1. The lowest BCUT2D eigenvalue weighted by Gasteiger charge is -2.32. The number of sulfonamides is 1. The smallest absolute Gasteiger partial charge is 0.243 e. The number of piperazine rings is 1. The summed E-state index contributed by atoms with van der Waals surface area (Å²) in [6.07, 6.45) is 1.07. The Morgan fingerprint density at radius 1 is 1.19 bits per heavy atom. The normalized spacial score (nSPS) is 22.3. The lowest BCUT2D eigenvalue weighted by Crippen LogP contribution is -2.51. The average molecular weight is 381 g/mol. The molecule has 1 aromatic rings. The summed E-state index contributed by atoms with van der Waals surface area (Å²) in [5.74, 6) is 0.156. The maximum Gasteiger partial charge on any atom is 0.243 e. The van der Waals surface area contributed by atoms with Gasteiger partial charge < -0.3 is 15.0 Å². The second kappa shape index (κ2) is 8.47. The minimum Gasteiger partial charge on any atom is -0.379 e. The summed E-state index contributed by atoms with van der Waals surface area (Å²) in [4.78, 5) is 14.5. The molecule has 0 aromatic heterocycles. The van der Waals surface area contributed by atoms with Crippen molar-refractivity contribution in [1.82, 2.24) is 14.5 Å². The molecule has 1 N–H and O–H groups in total. The first kappa shape index (κ1) is 19.3. The molecule has 2 heterocycles. The summed E-state index contributed by atoms with van der Waals surface area (Å²) in [7, 11) is -3.46. The van der Waals surface area contributed by atoms with Gasteiger partial charge >= 0.3 is 0 Å². The van der Waals surface area contributed by atoms with E-state index in [1.54, 1.807) is 24.3 Å². The largest absolute Gasteiger partial charge is 0.379 e. The van der Waals surface area contributed by atoms with Gasteiger partial charge in [0.15, 0.2) is 0 Å². The van der Waals surface area contributed by atoms with Gasteiger partial charge in [-0.1, -0.05) is 12.1 Å². The van der Waals surface area contributed by atoms with E-state index >= 15 is 0 Å². The number of nitrogens with zero attached hydrogens (tertiary/aromatic N) is 2. The Labute approximate surface area is 155 Å². The molecule has 1 amide bonds. The first-order chi connectivity index (χ1) is 12.5. The highest BCUT2D eigenvalue weighted by atomic mass is 32.2. The molecule has 0 saturated carbocycles. The van der Waals surface area contributed by atoms with Gasteiger partial charge in [0.2, 0.25) is 15.9 Å². The van der Waals surface area contributed by atoms with E-state index in [9.17, 15) is 13.2 Å². The van der Waals surface area contributed by atoms with Crippen LogP contribution in [0, 0.1) is 0 Å². The van der Waals surface area contributed by atoms with Gasteiger partial charge in [-0.05, 0) is 31.0 Å². The van der Waals surface area contributed by atoms with Crippen LogP contribution < -0.4 is 5.32 Å². The van der Waals surface area contributed by atoms with Gasteiger partial charge in [0.05, 0.1) is 18.1 Å². The Bertz CT molecular complexity index is 714. The monoisotopic (exact) mass is 381 g/mol. The van der Waals surface area contributed by atoms with Crippen LogP contribution >= 0.6 is 0 Å². The Kier molecular flexibility index (Phi) is 6.29. The molecule has 1 aromatic carbocycles. The van der Waals surface area contributed by atoms with Crippen molar-refractivity contribution in [3.8, 4) is 0 Å². The molecule has 1 unspecified atom stereocenters. The summed E-state index contributed by atoms with van der Waals surface area (Å²) in [6.45, 7) is 6.06. The van der Waals surface area contributed by atoms with E-state index in [0.717, 1.165) is 25.2 Å². The molecule has 2 aliphatic heterocycles. The second-order valence-corrected chi connectivity index (χ2v) is 8.79. The third kappa shape index (κ3) is 4.62. The van der Waals surface area contributed by atoms with Crippen molar-refractivity contribution in [3.05, 3.63) is 29.8 Å². The van der Waals surface area contributed by atoms with Crippen molar-refractivity contribution >= 4 is 15.9 Å². The highest BCUT2D eigenvalue weighted by Gasteiger charge is 2.26. The zero-order chi connectivity index (χ0) is 18.6. The number of nitrogens with one attached hydrogen (secondary N) is 1. The molecule has 26 heavy (non-hydrogen) atoms. The Morgan fingerprint density at radius 3 is 2.54 bits per heavy atom. The van der Waals surface area contributed by atoms with Gasteiger partial charge in [-0.3, -0.25) is 4.79 Å². The Hall–Kier alpha value is -1.48. The molecule has 2 fully saturated rings. The third-order valence-electron chi connectivity index (χ3n) is 4.88. The van der Waals surface area contributed by atoms with Crippen LogP contribution in [0.15, 0.2) is 29.2 Å². The van der Waals surface area contributed by atoms with Gasteiger partial charge in [-0.15, -0.1) is 0 Å². The molecular weight excluding hydrogens is 354 g/mol. The number of carbonyl (C=O) groups is 1. The SMILES string of the molecule is CC1CN(C(=O)CCc2ccc(S(=O)(=O)N3CCOCC3)cc2)CCN1. The molecule has 7 nitrogen and oxygen atoms in total. The van der Waals surface area contributed by atoms with Crippen LogP contribution in [-0.2, 0) is 26.0 Å². The lowest BCUT2D eigenvalue weighted by molar-refractivity contribution is -0.132. The lowest BCUT2D eigenvalue weighted by atomic mass is 10.1. The van der Waals surface area contributed by atoms with E-state index in [1.165, 1.54) is 4.31 Å². The van der Waals surface area contributed by atoms with Crippen LogP contribution in [-0.4, -0.2) is 75.5 Å². The maximum atomic E-state index is 12.6. The quantitative estimate of drug-likeness (QED) is 0.802. The van der Waals surface area contributed by atoms with Crippen LogP contribution in [0.25, 0.3) is 0 Å². The maximum absolute atomic E-state index is 12.6. The first-order valence-electron chi connectivity index (χ1n) is 9.15. The summed E-state index contributed by atoms with van der Waals surface area (Å²) >= 11 is 0. The fraction of sp³-hybridized carbons (Fsp3) is 0.611. The van der Waals surface area contributed by atoms with Crippen molar-refractivity contribution in [1.29, 1.82) is 0 Å². The van der Waals surface area contributed by atoms with Gasteiger partial charge in [0, 0.05) is 45.2 Å². The fourth-order valence-electron chi connectivity index (χ4n) is 3.33. The van der Waals surface area contributed by atoms with Crippen LogP contribution in [0.2, 0.25) is 0 Å². The number of benzene rings is 1. The number of morpholine rings is 1. The van der Waals surface area contributed by atoms with Gasteiger partial charge in [0.1, 0.15) is 0 Å². The highest BCUT2D eigenvalue weighted by Crippen LogP contribution is 2.18. The Morgan fingerprint density at radius 2 is 1.88 bits per heavy atom. The van der Waals surface area contributed by atoms with Crippen molar-refractivity contribution in [2.75, 3.05) is 45.9 Å². The predicted octanol–water partition coefficient (Wildman–Crippen LogP) is 0.460. The third-order valence-corrected chi connectivity index (χ3v) is 6.79. The zero-order valence-corrected chi connectivity index (χ0v) is 16.0. The highest BCUT2D eigenvalue weighted by molar-refractivity contribution is 7.89. The fourth-order valence-corrected chi connectivity index (χ4v) is 4.74. The molecule has 8 heteroatoms. The van der Waals surface area contributed by atoms with E-state index in [0.29, 0.717) is 50.1 Å². The van der Waals surface area contributed by atoms with Gasteiger partial charge in [0.25, 0.3) is 0 Å². The van der Waals surface area contributed by atoms with Crippen molar-refractivity contribution in [3.63, 3.8) is 0 Å². The number of amides is 1. The van der Waals surface area contributed by atoms with Gasteiger partial charge in [-0.2, -0.15) is 4.31 Å². The molecule has 0 bridgehead atoms. The van der Waals surface area contributed by atoms with Crippen LogP contribution in [0.3, 0.4) is 0 Å². The van der Waals surface area contributed by atoms with Crippen molar-refractivity contribution in [2.45, 2.75) is 30.7 Å². The van der Waals surface area contributed by atoms with Crippen LogP contribution in [0.4, 0.5) is 0 Å². The minimum atomic E-state index is -3.46. The predicted molar refractivity (Wildman–Crippen MR) is 98.4 cm³/mol. The average Bonchev–Trinajstić information content (AvgIpc) is 2.67.